The van der Waals surface area contributed by atoms with Crippen molar-refractivity contribution in [3.63, 3.8) is 0 Å². The number of hydrogen-bond acceptors (Lipinski definition) is 3. The van der Waals surface area contributed by atoms with Gasteiger partial charge in [0.15, 0.2) is 16.3 Å². The standard InChI is InChI=1S/C36H24Br2O2P2S/c37-30-24-32(40-42(27-18-9-3-10-19-27)28-20-11-4-12-21-28)36-33(34(30)38)29-22-13-23-31(35(29)43-36)39-41(25-14-5-1-6-15-25)26-16-7-2-8-17-26/h1-24H. The van der Waals surface area contributed by atoms with Crippen LogP contribution in [0.2, 0.25) is 0 Å². The molecule has 0 amide bonds. The molecule has 1 aromatic heterocycles. The van der Waals surface area contributed by atoms with Crippen molar-refractivity contribution >= 4 is 101 Å². The second kappa shape index (κ2) is 12.9. The van der Waals surface area contributed by atoms with Crippen molar-refractivity contribution in [1.82, 2.24) is 0 Å². The lowest BCUT2D eigenvalue weighted by Crippen LogP contribution is -2.15. The Labute approximate surface area is 274 Å². The zero-order chi connectivity index (χ0) is 29.2. The first kappa shape index (κ1) is 28.7. The number of halogens is 2. The lowest BCUT2D eigenvalue weighted by atomic mass is 10.1. The maximum absolute atomic E-state index is 7.01. The SMILES string of the molecule is Brc1cc(OP(c2ccccc2)c2ccccc2)c2sc3c(OP(c4ccccc4)c4ccccc4)cccc3c2c1Br. The topological polar surface area (TPSA) is 18.5 Å². The molecule has 7 aromatic rings. The summed E-state index contributed by atoms with van der Waals surface area (Å²) in [6.45, 7) is 0. The predicted octanol–water partition coefficient (Wildman–Crippen LogP) is 10.4. The minimum Gasteiger partial charge on any atom is -0.463 e. The van der Waals surface area contributed by atoms with E-state index in [1.807, 2.05) is 24.3 Å². The Morgan fingerprint density at radius 2 is 0.907 bits per heavy atom. The molecule has 0 aliphatic rings. The molecule has 0 N–H and O–H groups in total. The van der Waals surface area contributed by atoms with Crippen LogP contribution in [0, 0.1) is 0 Å². The number of benzene rings is 6. The summed E-state index contributed by atoms with van der Waals surface area (Å²) in [5, 5.41) is 6.93. The van der Waals surface area contributed by atoms with Crippen molar-refractivity contribution in [3.05, 3.63) is 155 Å². The zero-order valence-corrected chi connectivity index (χ0v) is 28.5. The molecule has 0 aliphatic carbocycles. The summed E-state index contributed by atoms with van der Waals surface area (Å²) in [7, 11) is -2.16. The highest BCUT2D eigenvalue weighted by atomic mass is 79.9. The second-order valence-corrected chi connectivity index (χ2v) is 16.0. The van der Waals surface area contributed by atoms with Gasteiger partial charge in [-0.15, -0.1) is 11.3 Å². The minimum atomic E-state index is -1.09. The zero-order valence-electron chi connectivity index (χ0n) is 22.7. The number of rotatable bonds is 8. The van der Waals surface area contributed by atoms with Crippen molar-refractivity contribution in [3.8, 4) is 11.5 Å². The molecule has 0 saturated carbocycles. The number of fused-ring (bicyclic) bond motifs is 3. The summed E-state index contributed by atoms with van der Waals surface area (Å²) in [5.41, 5.74) is 0. The molecule has 6 aromatic carbocycles. The van der Waals surface area contributed by atoms with Gasteiger partial charge in [-0.1, -0.05) is 133 Å². The van der Waals surface area contributed by atoms with Crippen LogP contribution in [-0.4, -0.2) is 0 Å². The molecule has 0 saturated heterocycles. The van der Waals surface area contributed by atoms with Crippen LogP contribution in [0.15, 0.2) is 155 Å². The van der Waals surface area contributed by atoms with Gasteiger partial charge in [0, 0.05) is 40.9 Å². The summed E-state index contributed by atoms with van der Waals surface area (Å²) in [6.07, 6.45) is 0. The van der Waals surface area contributed by atoms with E-state index in [0.717, 1.165) is 51.2 Å². The molecule has 7 rings (SSSR count). The van der Waals surface area contributed by atoms with Gasteiger partial charge in [0.1, 0.15) is 11.5 Å². The lowest BCUT2D eigenvalue weighted by molar-refractivity contribution is 0.638. The van der Waals surface area contributed by atoms with Gasteiger partial charge in [-0.25, -0.2) is 0 Å². The quantitative estimate of drug-likeness (QED) is 0.144. The van der Waals surface area contributed by atoms with Gasteiger partial charge in [0.25, 0.3) is 0 Å². The van der Waals surface area contributed by atoms with E-state index in [0.29, 0.717) is 0 Å². The molecule has 1 heterocycles. The Hall–Kier alpha value is -3.04. The monoisotopic (exact) mass is 740 g/mol. The number of hydrogen-bond donors (Lipinski definition) is 0. The van der Waals surface area contributed by atoms with Crippen LogP contribution in [-0.2, 0) is 0 Å². The molecule has 7 heteroatoms. The van der Waals surface area contributed by atoms with Gasteiger partial charge < -0.3 is 9.05 Å². The van der Waals surface area contributed by atoms with Crippen molar-refractivity contribution in [1.29, 1.82) is 0 Å². The van der Waals surface area contributed by atoms with Gasteiger partial charge in [-0.3, -0.25) is 0 Å². The lowest BCUT2D eigenvalue weighted by Gasteiger charge is -2.20. The highest BCUT2D eigenvalue weighted by Crippen LogP contribution is 2.52. The van der Waals surface area contributed by atoms with Crippen LogP contribution >= 0.6 is 59.5 Å². The van der Waals surface area contributed by atoms with Crippen molar-refractivity contribution in [2.24, 2.45) is 0 Å². The van der Waals surface area contributed by atoms with Gasteiger partial charge in [0.05, 0.1) is 9.40 Å². The maximum Gasteiger partial charge on any atom is 0.150 e. The van der Waals surface area contributed by atoms with Crippen LogP contribution in [0.25, 0.3) is 20.2 Å². The Morgan fingerprint density at radius 3 is 1.37 bits per heavy atom. The molecule has 0 unspecified atom stereocenters. The first-order valence-corrected chi connectivity index (χ1v) is 18.6. The Bertz CT molecular complexity index is 1930. The van der Waals surface area contributed by atoms with E-state index < -0.39 is 16.3 Å². The van der Waals surface area contributed by atoms with E-state index in [1.54, 1.807) is 11.3 Å². The van der Waals surface area contributed by atoms with E-state index >= 15 is 0 Å². The molecule has 0 atom stereocenters. The fourth-order valence-corrected chi connectivity index (χ4v) is 10.8. The molecule has 0 fully saturated rings. The first-order chi connectivity index (χ1) is 21.2. The summed E-state index contributed by atoms with van der Waals surface area (Å²) in [5.74, 6) is 1.73. The van der Waals surface area contributed by atoms with Gasteiger partial charge >= 0.3 is 0 Å². The second-order valence-electron chi connectivity index (χ2n) is 9.72. The Morgan fingerprint density at radius 1 is 0.465 bits per heavy atom. The van der Waals surface area contributed by atoms with E-state index in [9.17, 15) is 0 Å². The smallest absolute Gasteiger partial charge is 0.150 e. The predicted molar refractivity (Wildman–Crippen MR) is 194 cm³/mol. The molecule has 0 spiro atoms. The fourth-order valence-electron chi connectivity index (χ4n) is 4.95. The van der Waals surface area contributed by atoms with E-state index in [4.69, 9.17) is 9.05 Å². The third kappa shape index (κ3) is 5.90. The largest absolute Gasteiger partial charge is 0.463 e. The summed E-state index contributed by atoms with van der Waals surface area (Å²) in [6, 6.07) is 50.4. The first-order valence-electron chi connectivity index (χ1n) is 13.7. The van der Waals surface area contributed by atoms with Gasteiger partial charge in [-0.2, -0.15) is 0 Å². The molecular formula is C36H24Br2O2P2S. The average molecular weight is 742 g/mol. The van der Waals surface area contributed by atoms with Crippen LogP contribution in [0.5, 0.6) is 11.5 Å². The highest BCUT2D eigenvalue weighted by Gasteiger charge is 2.24. The van der Waals surface area contributed by atoms with E-state index in [1.165, 1.54) is 10.6 Å². The van der Waals surface area contributed by atoms with Gasteiger partial charge in [-0.05, 0) is 44.0 Å². The molecular weight excluding hydrogens is 718 g/mol. The molecule has 0 bridgehead atoms. The van der Waals surface area contributed by atoms with E-state index in [-0.39, 0.29) is 0 Å². The Balaban J connectivity index is 1.37. The van der Waals surface area contributed by atoms with Crippen molar-refractivity contribution in [2.75, 3.05) is 0 Å². The average Bonchev–Trinajstić information content (AvgIpc) is 3.47. The van der Waals surface area contributed by atoms with Crippen molar-refractivity contribution in [2.45, 2.75) is 0 Å². The summed E-state index contributed by atoms with van der Waals surface area (Å²) < 4.78 is 18.1. The summed E-state index contributed by atoms with van der Waals surface area (Å²) in [4.78, 5) is 0. The Kier molecular flexibility index (Phi) is 8.62. The van der Waals surface area contributed by atoms with Crippen molar-refractivity contribution < 1.29 is 9.05 Å². The van der Waals surface area contributed by atoms with Gasteiger partial charge in [0.2, 0.25) is 0 Å². The minimum absolute atomic E-state index is 0.851. The molecule has 0 aliphatic heterocycles. The van der Waals surface area contributed by atoms with Crippen LogP contribution < -0.4 is 30.3 Å². The van der Waals surface area contributed by atoms with Crippen LogP contribution in [0.4, 0.5) is 0 Å². The third-order valence-corrected chi connectivity index (χ3v) is 14.0. The highest BCUT2D eigenvalue weighted by molar-refractivity contribution is 9.13. The number of thiophene rings is 1. The molecule has 2 nitrogen and oxygen atoms in total. The normalized spacial score (nSPS) is 11.4. The fraction of sp³-hybridized carbons (Fsp3) is 0. The third-order valence-electron chi connectivity index (χ3n) is 6.93. The van der Waals surface area contributed by atoms with E-state index in [2.05, 4.69) is 153 Å². The molecule has 0 radical (unpaired) electrons. The maximum atomic E-state index is 7.01. The molecule has 210 valence electrons. The molecule has 43 heavy (non-hydrogen) atoms. The summed E-state index contributed by atoms with van der Waals surface area (Å²) >= 11 is 9.43. The van der Waals surface area contributed by atoms with Crippen LogP contribution in [0.3, 0.4) is 0 Å². The van der Waals surface area contributed by atoms with Crippen LogP contribution in [0.1, 0.15) is 0 Å².